The highest BCUT2D eigenvalue weighted by atomic mass is 16.5. The first kappa shape index (κ1) is 20.9. The van der Waals surface area contributed by atoms with Gasteiger partial charge in [-0.3, -0.25) is 4.90 Å². The van der Waals surface area contributed by atoms with Crippen molar-refractivity contribution in [3.63, 3.8) is 0 Å². The van der Waals surface area contributed by atoms with Gasteiger partial charge in [0.15, 0.2) is 11.5 Å². The van der Waals surface area contributed by atoms with Gasteiger partial charge in [0, 0.05) is 37.8 Å². The molecule has 0 unspecified atom stereocenters. The normalized spacial score (nSPS) is 13.4. The van der Waals surface area contributed by atoms with Crippen LogP contribution in [-0.2, 0) is 19.5 Å². The molecule has 0 amide bonds. The highest BCUT2D eigenvalue weighted by molar-refractivity contribution is 5.62. The number of nitrogens with one attached hydrogen (secondary N) is 1. The van der Waals surface area contributed by atoms with Crippen molar-refractivity contribution < 1.29 is 14.2 Å². The molecule has 0 saturated carbocycles. The molecule has 0 aliphatic carbocycles. The fraction of sp³-hybridized carbons (Fsp3) is 0.333. The zero-order chi connectivity index (χ0) is 21.6. The standard InChI is InChI=1S/C24H28N4O3/c1-4-31-22-10-9-17(13-23(22)30-3)15-28-12-11-19-18(16-28)14-25-24(26-19)27-20-7-5-6-8-21(20)29-2/h5-10,13-14H,4,11-12,15-16H2,1-3H3,(H,25,26,27). The zero-order valence-electron chi connectivity index (χ0n) is 18.2. The van der Waals surface area contributed by atoms with Gasteiger partial charge < -0.3 is 19.5 Å². The molecular formula is C24H28N4O3. The van der Waals surface area contributed by atoms with Crippen LogP contribution in [0, 0.1) is 0 Å². The molecule has 7 nitrogen and oxygen atoms in total. The van der Waals surface area contributed by atoms with Crippen molar-refractivity contribution in [3.8, 4) is 17.2 Å². The predicted molar refractivity (Wildman–Crippen MR) is 120 cm³/mol. The number of aromatic nitrogens is 2. The number of rotatable bonds is 8. The highest BCUT2D eigenvalue weighted by Crippen LogP contribution is 2.30. The summed E-state index contributed by atoms with van der Waals surface area (Å²) in [4.78, 5) is 11.7. The van der Waals surface area contributed by atoms with E-state index in [9.17, 15) is 0 Å². The van der Waals surface area contributed by atoms with Gasteiger partial charge in [-0.1, -0.05) is 18.2 Å². The first-order valence-electron chi connectivity index (χ1n) is 10.5. The lowest BCUT2D eigenvalue weighted by atomic mass is 10.1. The lowest BCUT2D eigenvalue weighted by Crippen LogP contribution is -2.31. The van der Waals surface area contributed by atoms with Gasteiger partial charge in [-0.2, -0.15) is 0 Å². The third-order valence-corrected chi connectivity index (χ3v) is 5.30. The molecule has 2 aromatic carbocycles. The van der Waals surface area contributed by atoms with Crippen LogP contribution in [0.15, 0.2) is 48.7 Å². The lowest BCUT2D eigenvalue weighted by Gasteiger charge is -2.28. The maximum absolute atomic E-state index is 5.62. The molecule has 7 heteroatoms. The summed E-state index contributed by atoms with van der Waals surface area (Å²) in [5, 5.41) is 3.27. The van der Waals surface area contributed by atoms with Crippen LogP contribution in [0.25, 0.3) is 0 Å². The van der Waals surface area contributed by atoms with Gasteiger partial charge in [0.05, 0.1) is 32.2 Å². The first-order valence-corrected chi connectivity index (χ1v) is 10.5. The number of nitrogens with zero attached hydrogens (tertiary/aromatic N) is 3. The molecule has 0 spiro atoms. The van der Waals surface area contributed by atoms with E-state index in [-0.39, 0.29) is 0 Å². The van der Waals surface area contributed by atoms with Crippen molar-refractivity contribution in [1.82, 2.24) is 14.9 Å². The third kappa shape index (κ3) is 4.88. The minimum atomic E-state index is 0.591. The Morgan fingerprint density at radius 2 is 1.87 bits per heavy atom. The number of fused-ring (bicyclic) bond motifs is 1. The molecule has 4 rings (SSSR count). The van der Waals surface area contributed by atoms with Crippen molar-refractivity contribution in [2.45, 2.75) is 26.4 Å². The summed E-state index contributed by atoms with van der Waals surface area (Å²) in [6, 6.07) is 13.9. The maximum atomic E-state index is 5.62. The molecule has 1 aliphatic rings. The van der Waals surface area contributed by atoms with Crippen LogP contribution in [0.3, 0.4) is 0 Å². The van der Waals surface area contributed by atoms with E-state index in [2.05, 4.69) is 27.3 Å². The molecule has 0 bridgehead atoms. The molecular weight excluding hydrogens is 392 g/mol. The summed E-state index contributed by atoms with van der Waals surface area (Å²) in [5.41, 5.74) is 4.30. The summed E-state index contributed by atoms with van der Waals surface area (Å²) >= 11 is 0. The van der Waals surface area contributed by atoms with E-state index in [1.807, 2.05) is 43.5 Å². The summed E-state index contributed by atoms with van der Waals surface area (Å²) < 4.78 is 16.5. The summed E-state index contributed by atoms with van der Waals surface area (Å²) in [6.07, 6.45) is 2.80. The minimum Gasteiger partial charge on any atom is -0.495 e. The summed E-state index contributed by atoms with van der Waals surface area (Å²) in [6.45, 7) is 5.18. The highest BCUT2D eigenvalue weighted by Gasteiger charge is 2.19. The molecule has 0 radical (unpaired) electrons. The van der Waals surface area contributed by atoms with Crippen molar-refractivity contribution in [1.29, 1.82) is 0 Å². The molecule has 1 aromatic heterocycles. The van der Waals surface area contributed by atoms with Gasteiger partial charge in [0.2, 0.25) is 5.95 Å². The van der Waals surface area contributed by atoms with Gasteiger partial charge in [-0.25, -0.2) is 9.97 Å². The van der Waals surface area contributed by atoms with Crippen molar-refractivity contribution in [3.05, 3.63) is 65.5 Å². The second-order valence-electron chi connectivity index (χ2n) is 7.37. The molecule has 2 heterocycles. The number of para-hydroxylation sites is 2. The van der Waals surface area contributed by atoms with Gasteiger partial charge in [0.1, 0.15) is 5.75 Å². The average Bonchev–Trinajstić information content (AvgIpc) is 2.80. The Kier molecular flexibility index (Phi) is 6.52. The van der Waals surface area contributed by atoms with Crippen LogP contribution in [0.2, 0.25) is 0 Å². The molecule has 162 valence electrons. The molecule has 0 saturated heterocycles. The van der Waals surface area contributed by atoms with E-state index in [0.717, 1.165) is 60.2 Å². The van der Waals surface area contributed by atoms with Crippen molar-refractivity contribution >= 4 is 11.6 Å². The Morgan fingerprint density at radius 1 is 1.03 bits per heavy atom. The molecule has 0 fully saturated rings. The number of methoxy groups -OCH3 is 2. The second kappa shape index (κ2) is 9.66. The van der Waals surface area contributed by atoms with E-state index in [1.165, 1.54) is 5.56 Å². The van der Waals surface area contributed by atoms with Crippen molar-refractivity contribution in [2.75, 3.05) is 32.7 Å². The molecule has 1 aliphatic heterocycles. The van der Waals surface area contributed by atoms with E-state index < -0.39 is 0 Å². The van der Waals surface area contributed by atoms with E-state index >= 15 is 0 Å². The number of benzene rings is 2. The van der Waals surface area contributed by atoms with E-state index in [4.69, 9.17) is 19.2 Å². The SMILES string of the molecule is CCOc1ccc(CN2CCc3nc(Nc4ccccc4OC)ncc3C2)cc1OC. The van der Waals surface area contributed by atoms with Crippen LogP contribution in [-0.4, -0.2) is 42.2 Å². The van der Waals surface area contributed by atoms with Crippen LogP contribution in [0.5, 0.6) is 17.2 Å². The number of anilines is 2. The fourth-order valence-electron chi connectivity index (χ4n) is 3.78. The summed E-state index contributed by atoms with van der Waals surface area (Å²) in [5.74, 6) is 2.90. The minimum absolute atomic E-state index is 0.591. The molecule has 1 N–H and O–H groups in total. The second-order valence-corrected chi connectivity index (χ2v) is 7.37. The van der Waals surface area contributed by atoms with Crippen LogP contribution < -0.4 is 19.5 Å². The largest absolute Gasteiger partial charge is 0.495 e. The number of ether oxygens (including phenoxy) is 3. The Balaban J connectivity index is 1.43. The quantitative estimate of drug-likeness (QED) is 0.586. The van der Waals surface area contributed by atoms with Crippen molar-refractivity contribution in [2.24, 2.45) is 0 Å². The lowest BCUT2D eigenvalue weighted by molar-refractivity contribution is 0.242. The molecule has 0 atom stereocenters. The van der Waals surface area contributed by atoms with E-state index in [0.29, 0.717) is 12.6 Å². The van der Waals surface area contributed by atoms with Gasteiger partial charge >= 0.3 is 0 Å². The third-order valence-electron chi connectivity index (χ3n) is 5.30. The maximum Gasteiger partial charge on any atom is 0.227 e. The molecule has 31 heavy (non-hydrogen) atoms. The smallest absolute Gasteiger partial charge is 0.227 e. The fourth-order valence-corrected chi connectivity index (χ4v) is 3.78. The Morgan fingerprint density at radius 3 is 2.68 bits per heavy atom. The Labute approximate surface area is 183 Å². The Bertz CT molecular complexity index is 1040. The van der Waals surface area contributed by atoms with Gasteiger partial charge in [0.25, 0.3) is 0 Å². The van der Waals surface area contributed by atoms with Gasteiger partial charge in [-0.05, 0) is 36.8 Å². The number of hydrogen-bond donors (Lipinski definition) is 1. The number of hydrogen-bond acceptors (Lipinski definition) is 7. The van der Waals surface area contributed by atoms with E-state index in [1.54, 1.807) is 14.2 Å². The van der Waals surface area contributed by atoms with Gasteiger partial charge in [-0.15, -0.1) is 0 Å². The summed E-state index contributed by atoms with van der Waals surface area (Å²) in [7, 11) is 3.33. The molecule has 3 aromatic rings. The zero-order valence-corrected chi connectivity index (χ0v) is 18.2. The predicted octanol–water partition coefficient (Wildman–Crippen LogP) is 4.19. The van der Waals surface area contributed by atoms with Crippen LogP contribution >= 0.6 is 0 Å². The first-order chi connectivity index (χ1) is 15.2. The topological polar surface area (TPSA) is 68.7 Å². The van der Waals surface area contributed by atoms with Crippen LogP contribution in [0.1, 0.15) is 23.7 Å². The van der Waals surface area contributed by atoms with Crippen LogP contribution in [0.4, 0.5) is 11.6 Å². The average molecular weight is 421 g/mol. The monoisotopic (exact) mass is 420 g/mol. The Hall–Kier alpha value is -3.32.